The number of sulfonamides is 1. The molecule has 1 aromatic rings. The maximum atomic E-state index is 12.3. The van der Waals surface area contributed by atoms with E-state index < -0.39 is 16.0 Å². The zero-order valence-corrected chi connectivity index (χ0v) is 15.3. The lowest BCUT2D eigenvalue weighted by molar-refractivity contribution is 0.0526. The van der Waals surface area contributed by atoms with E-state index in [1.54, 1.807) is 6.92 Å². The minimum absolute atomic E-state index is 0.0106. The summed E-state index contributed by atoms with van der Waals surface area (Å²) in [5, 5.41) is 3.12. The molecule has 0 bridgehead atoms. The number of esters is 1. The zero-order valence-electron chi connectivity index (χ0n) is 12.8. The third-order valence-electron chi connectivity index (χ3n) is 2.82. The first-order valence-corrected chi connectivity index (χ1v) is 9.28. The fraction of sp³-hybridized carbons (Fsp3) is 0.500. The highest BCUT2D eigenvalue weighted by molar-refractivity contribution is 9.10. The standard InChI is InChI=1S/C14H21BrN2O4S/c1-4-16-10(3)9-17-22(19,20)13-7-11(6-12(15)8-13)14(18)21-5-2/h6-8,10,16-17H,4-5,9H2,1-3H3/t10-/m1/s1. The maximum Gasteiger partial charge on any atom is 0.338 e. The lowest BCUT2D eigenvalue weighted by Gasteiger charge is -2.14. The molecule has 0 aliphatic rings. The molecule has 1 atom stereocenters. The Balaban J connectivity index is 2.97. The molecule has 1 aromatic carbocycles. The second-order valence-electron chi connectivity index (χ2n) is 4.71. The molecule has 22 heavy (non-hydrogen) atoms. The van der Waals surface area contributed by atoms with Crippen LogP contribution in [0.1, 0.15) is 31.1 Å². The van der Waals surface area contributed by atoms with Crippen molar-refractivity contribution in [2.45, 2.75) is 31.7 Å². The van der Waals surface area contributed by atoms with E-state index in [0.717, 1.165) is 6.54 Å². The Kier molecular flexibility index (Phi) is 7.47. The minimum Gasteiger partial charge on any atom is -0.462 e. The van der Waals surface area contributed by atoms with Gasteiger partial charge < -0.3 is 10.1 Å². The van der Waals surface area contributed by atoms with Crippen LogP contribution in [-0.2, 0) is 14.8 Å². The van der Waals surface area contributed by atoms with E-state index >= 15 is 0 Å². The normalized spacial score (nSPS) is 12.9. The number of benzene rings is 1. The van der Waals surface area contributed by atoms with Crippen LogP contribution in [0.2, 0.25) is 0 Å². The van der Waals surface area contributed by atoms with Crippen LogP contribution in [0.5, 0.6) is 0 Å². The molecule has 0 saturated heterocycles. The van der Waals surface area contributed by atoms with Crippen LogP contribution >= 0.6 is 15.9 Å². The highest BCUT2D eigenvalue weighted by atomic mass is 79.9. The molecule has 6 nitrogen and oxygen atoms in total. The van der Waals surface area contributed by atoms with E-state index in [4.69, 9.17) is 4.74 Å². The van der Waals surface area contributed by atoms with E-state index in [1.807, 2.05) is 13.8 Å². The van der Waals surface area contributed by atoms with E-state index in [2.05, 4.69) is 26.0 Å². The lowest BCUT2D eigenvalue weighted by atomic mass is 10.2. The zero-order chi connectivity index (χ0) is 16.8. The van der Waals surface area contributed by atoms with Crippen LogP contribution in [0.4, 0.5) is 0 Å². The third-order valence-corrected chi connectivity index (χ3v) is 4.69. The van der Waals surface area contributed by atoms with Crippen molar-refractivity contribution in [2.75, 3.05) is 19.7 Å². The van der Waals surface area contributed by atoms with Crippen LogP contribution < -0.4 is 10.0 Å². The summed E-state index contributed by atoms with van der Waals surface area (Å²) >= 11 is 3.22. The van der Waals surface area contributed by atoms with Crippen molar-refractivity contribution in [2.24, 2.45) is 0 Å². The number of likely N-dealkylation sites (N-methyl/N-ethyl adjacent to an activating group) is 1. The summed E-state index contributed by atoms with van der Waals surface area (Å²) < 4.78 is 32.5. The summed E-state index contributed by atoms with van der Waals surface area (Å²) in [7, 11) is -3.69. The topological polar surface area (TPSA) is 84.5 Å². The number of carbonyl (C=O) groups is 1. The molecule has 0 saturated carbocycles. The first-order chi connectivity index (χ1) is 10.3. The van der Waals surface area contributed by atoms with Gasteiger partial charge in [-0.3, -0.25) is 0 Å². The highest BCUT2D eigenvalue weighted by Crippen LogP contribution is 2.20. The minimum atomic E-state index is -3.69. The molecule has 0 heterocycles. The molecule has 8 heteroatoms. The summed E-state index contributed by atoms with van der Waals surface area (Å²) in [6, 6.07) is 4.29. The molecular weight excluding hydrogens is 372 g/mol. The van der Waals surface area contributed by atoms with Crippen molar-refractivity contribution in [3.63, 3.8) is 0 Å². The van der Waals surface area contributed by atoms with Gasteiger partial charge in [-0.05, 0) is 38.6 Å². The second-order valence-corrected chi connectivity index (χ2v) is 7.39. The van der Waals surface area contributed by atoms with Crippen molar-refractivity contribution in [1.82, 2.24) is 10.0 Å². The molecular formula is C14H21BrN2O4S. The van der Waals surface area contributed by atoms with E-state index in [9.17, 15) is 13.2 Å². The predicted octanol–water partition coefficient (Wildman–Crippen LogP) is 1.90. The first kappa shape index (κ1) is 19.1. The van der Waals surface area contributed by atoms with Crippen molar-refractivity contribution in [3.8, 4) is 0 Å². The van der Waals surface area contributed by atoms with Crippen LogP contribution in [-0.4, -0.2) is 40.1 Å². The van der Waals surface area contributed by atoms with Gasteiger partial charge in [0.1, 0.15) is 0 Å². The van der Waals surface area contributed by atoms with Crippen molar-refractivity contribution in [3.05, 3.63) is 28.2 Å². The number of hydrogen-bond acceptors (Lipinski definition) is 5. The number of rotatable bonds is 8. The average molecular weight is 393 g/mol. The molecule has 0 unspecified atom stereocenters. The maximum absolute atomic E-state index is 12.3. The number of carbonyl (C=O) groups excluding carboxylic acids is 1. The Morgan fingerprint density at radius 1 is 1.32 bits per heavy atom. The van der Waals surface area contributed by atoms with Crippen molar-refractivity contribution in [1.29, 1.82) is 0 Å². The number of hydrogen-bond donors (Lipinski definition) is 2. The summed E-state index contributed by atoms with van der Waals surface area (Å²) in [5.74, 6) is -0.554. The van der Waals surface area contributed by atoms with Crippen LogP contribution in [0, 0.1) is 0 Å². The smallest absolute Gasteiger partial charge is 0.338 e. The Morgan fingerprint density at radius 2 is 2.00 bits per heavy atom. The van der Waals surface area contributed by atoms with E-state index in [-0.39, 0.29) is 29.7 Å². The second kappa shape index (κ2) is 8.61. The molecule has 1 rings (SSSR count). The Hall–Kier alpha value is -0.960. The van der Waals surface area contributed by atoms with Gasteiger partial charge in [0.2, 0.25) is 10.0 Å². The Bertz CT molecular complexity index is 619. The Labute approximate surface area is 139 Å². The van der Waals surface area contributed by atoms with Gasteiger partial charge in [-0.2, -0.15) is 0 Å². The summed E-state index contributed by atoms with van der Waals surface area (Å²) in [4.78, 5) is 11.8. The molecule has 124 valence electrons. The van der Waals surface area contributed by atoms with Crippen LogP contribution in [0.25, 0.3) is 0 Å². The van der Waals surface area contributed by atoms with Gasteiger partial charge in [-0.1, -0.05) is 22.9 Å². The molecule has 0 radical (unpaired) electrons. The Morgan fingerprint density at radius 3 is 2.59 bits per heavy atom. The average Bonchev–Trinajstić information content (AvgIpc) is 2.45. The monoisotopic (exact) mass is 392 g/mol. The SMILES string of the molecule is CCN[C@H](C)CNS(=O)(=O)c1cc(Br)cc(C(=O)OCC)c1. The molecule has 0 spiro atoms. The summed E-state index contributed by atoms with van der Waals surface area (Å²) in [6.07, 6.45) is 0. The van der Waals surface area contributed by atoms with Gasteiger partial charge in [0.05, 0.1) is 17.1 Å². The first-order valence-electron chi connectivity index (χ1n) is 7.01. The van der Waals surface area contributed by atoms with Gasteiger partial charge in [0.25, 0.3) is 0 Å². The highest BCUT2D eigenvalue weighted by Gasteiger charge is 2.18. The summed E-state index contributed by atoms with van der Waals surface area (Å²) in [6.45, 7) is 6.77. The van der Waals surface area contributed by atoms with Gasteiger partial charge in [0, 0.05) is 17.1 Å². The van der Waals surface area contributed by atoms with Gasteiger partial charge in [-0.25, -0.2) is 17.9 Å². The van der Waals surface area contributed by atoms with Crippen molar-refractivity contribution >= 4 is 31.9 Å². The molecule has 0 aromatic heterocycles. The molecule has 2 N–H and O–H groups in total. The molecule has 0 aliphatic heterocycles. The van der Waals surface area contributed by atoms with Crippen LogP contribution in [0.3, 0.4) is 0 Å². The number of halogens is 1. The lowest BCUT2D eigenvalue weighted by Crippen LogP contribution is -2.38. The van der Waals surface area contributed by atoms with Gasteiger partial charge in [-0.15, -0.1) is 0 Å². The van der Waals surface area contributed by atoms with E-state index in [0.29, 0.717) is 4.47 Å². The number of nitrogens with one attached hydrogen (secondary N) is 2. The van der Waals surface area contributed by atoms with E-state index in [1.165, 1.54) is 18.2 Å². The van der Waals surface area contributed by atoms with Gasteiger partial charge >= 0.3 is 5.97 Å². The molecule has 0 amide bonds. The molecule has 0 aliphatic carbocycles. The van der Waals surface area contributed by atoms with Crippen molar-refractivity contribution < 1.29 is 17.9 Å². The number of ether oxygens (including phenoxy) is 1. The predicted molar refractivity (Wildman–Crippen MR) is 88.4 cm³/mol. The quantitative estimate of drug-likeness (QED) is 0.659. The fourth-order valence-electron chi connectivity index (χ4n) is 1.79. The van der Waals surface area contributed by atoms with Gasteiger partial charge in [0.15, 0.2) is 0 Å². The third kappa shape index (κ3) is 5.68. The largest absolute Gasteiger partial charge is 0.462 e. The fourth-order valence-corrected chi connectivity index (χ4v) is 3.63. The molecule has 0 fully saturated rings. The van der Waals surface area contributed by atoms with Crippen LogP contribution in [0.15, 0.2) is 27.6 Å². The summed E-state index contributed by atoms with van der Waals surface area (Å²) in [5.41, 5.74) is 0.191.